The number of carbonyl (C=O) groups excluding carboxylic acids is 1. The van der Waals surface area contributed by atoms with E-state index in [0.717, 1.165) is 37.4 Å². The molecule has 7 heteroatoms. The van der Waals surface area contributed by atoms with Gasteiger partial charge in [0.15, 0.2) is 5.82 Å². The molecule has 1 aliphatic heterocycles. The van der Waals surface area contributed by atoms with Crippen LogP contribution < -0.4 is 10.5 Å². The number of anilines is 1. The molecule has 1 saturated heterocycles. The predicted molar refractivity (Wildman–Crippen MR) is 93.8 cm³/mol. The number of aromatic amines is 1. The Bertz CT molecular complexity index is 836. The van der Waals surface area contributed by atoms with Crippen molar-refractivity contribution in [3.63, 3.8) is 0 Å². The van der Waals surface area contributed by atoms with Gasteiger partial charge in [-0.05, 0) is 43.4 Å². The molecule has 1 fully saturated rings. The van der Waals surface area contributed by atoms with Crippen LogP contribution in [-0.4, -0.2) is 52.2 Å². The molecule has 7 nitrogen and oxygen atoms in total. The first-order valence-corrected chi connectivity index (χ1v) is 8.68. The SMILES string of the molecule is CN(C(=O)c1ccc(=O)[nH]c1)C1CN(c2cc3c(nn2)CCCC3)C1. The first-order chi connectivity index (χ1) is 12.1. The Hall–Kier alpha value is -2.70. The van der Waals surface area contributed by atoms with Gasteiger partial charge in [0.25, 0.3) is 5.91 Å². The number of carbonyl (C=O) groups is 1. The Morgan fingerprint density at radius 2 is 2.04 bits per heavy atom. The van der Waals surface area contributed by atoms with Crippen LogP contribution in [0, 0.1) is 0 Å². The second kappa shape index (κ2) is 6.31. The van der Waals surface area contributed by atoms with Gasteiger partial charge in [-0.2, -0.15) is 5.10 Å². The highest BCUT2D eigenvalue weighted by Crippen LogP contribution is 2.26. The maximum absolute atomic E-state index is 12.5. The van der Waals surface area contributed by atoms with Gasteiger partial charge in [-0.25, -0.2) is 0 Å². The van der Waals surface area contributed by atoms with Crippen molar-refractivity contribution in [3.05, 3.63) is 51.6 Å². The van der Waals surface area contributed by atoms with Gasteiger partial charge in [-0.1, -0.05) is 0 Å². The van der Waals surface area contributed by atoms with E-state index in [1.807, 2.05) is 0 Å². The number of H-pyrrole nitrogens is 1. The normalized spacial score (nSPS) is 16.9. The summed E-state index contributed by atoms with van der Waals surface area (Å²) in [5.41, 5.74) is 2.74. The van der Waals surface area contributed by atoms with Gasteiger partial charge in [0.1, 0.15) is 0 Å². The van der Waals surface area contributed by atoms with Crippen molar-refractivity contribution in [3.8, 4) is 0 Å². The average molecular weight is 339 g/mol. The van der Waals surface area contributed by atoms with Gasteiger partial charge >= 0.3 is 0 Å². The van der Waals surface area contributed by atoms with Crippen LogP contribution in [0.2, 0.25) is 0 Å². The average Bonchev–Trinajstić information content (AvgIpc) is 2.60. The van der Waals surface area contributed by atoms with Gasteiger partial charge in [-0.15, -0.1) is 5.10 Å². The van der Waals surface area contributed by atoms with E-state index in [9.17, 15) is 9.59 Å². The smallest absolute Gasteiger partial charge is 0.255 e. The van der Waals surface area contributed by atoms with Crippen LogP contribution in [0.15, 0.2) is 29.2 Å². The largest absolute Gasteiger partial charge is 0.351 e. The zero-order valence-corrected chi connectivity index (χ0v) is 14.2. The number of amides is 1. The van der Waals surface area contributed by atoms with Crippen molar-refractivity contribution < 1.29 is 4.79 Å². The number of hydrogen-bond donors (Lipinski definition) is 1. The Kier molecular flexibility index (Phi) is 3.99. The van der Waals surface area contributed by atoms with Gasteiger partial charge in [0.05, 0.1) is 17.3 Å². The molecule has 2 aromatic heterocycles. The highest BCUT2D eigenvalue weighted by Gasteiger charge is 2.34. The van der Waals surface area contributed by atoms with Crippen molar-refractivity contribution in [1.29, 1.82) is 0 Å². The molecular formula is C18H21N5O2. The van der Waals surface area contributed by atoms with E-state index in [1.165, 1.54) is 30.7 Å². The highest BCUT2D eigenvalue weighted by atomic mass is 16.2. The molecule has 130 valence electrons. The minimum Gasteiger partial charge on any atom is -0.351 e. The summed E-state index contributed by atoms with van der Waals surface area (Å²) in [6.45, 7) is 1.50. The molecule has 0 bridgehead atoms. The lowest BCUT2D eigenvalue weighted by Gasteiger charge is -2.44. The second-order valence-corrected chi connectivity index (χ2v) is 6.80. The second-order valence-electron chi connectivity index (χ2n) is 6.80. The third kappa shape index (κ3) is 3.01. The first-order valence-electron chi connectivity index (χ1n) is 8.68. The van der Waals surface area contributed by atoms with Gasteiger partial charge in [0, 0.05) is 32.4 Å². The first kappa shape index (κ1) is 15.8. The van der Waals surface area contributed by atoms with Crippen LogP contribution in [0.5, 0.6) is 0 Å². The van der Waals surface area contributed by atoms with E-state index < -0.39 is 0 Å². The third-order valence-corrected chi connectivity index (χ3v) is 5.14. The Morgan fingerprint density at radius 1 is 1.24 bits per heavy atom. The molecule has 1 amide bonds. The molecule has 0 spiro atoms. The third-order valence-electron chi connectivity index (χ3n) is 5.14. The Morgan fingerprint density at radius 3 is 2.80 bits per heavy atom. The fourth-order valence-electron chi connectivity index (χ4n) is 3.43. The fraction of sp³-hybridized carbons (Fsp3) is 0.444. The summed E-state index contributed by atoms with van der Waals surface area (Å²) in [4.78, 5) is 30.0. The number of likely N-dealkylation sites (N-methyl/N-ethyl adjacent to an activating group) is 1. The van der Waals surface area contributed by atoms with Crippen LogP contribution in [0.25, 0.3) is 0 Å². The minimum atomic E-state index is -0.208. The minimum absolute atomic E-state index is 0.0857. The summed E-state index contributed by atoms with van der Waals surface area (Å²) < 4.78 is 0. The number of fused-ring (bicyclic) bond motifs is 1. The van der Waals surface area contributed by atoms with Crippen molar-refractivity contribution in [1.82, 2.24) is 20.1 Å². The van der Waals surface area contributed by atoms with E-state index in [0.29, 0.717) is 5.56 Å². The Balaban J connectivity index is 1.40. The van der Waals surface area contributed by atoms with Crippen LogP contribution >= 0.6 is 0 Å². The van der Waals surface area contributed by atoms with E-state index >= 15 is 0 Å². The molecule has 0 atom stereocenters. The number of aryl methyl sites for hydroxylation is 2. The number of rotatable bonds is 3. The van der Waals surface area contributed by atoms with E-state index in [4.69, 9.17) is 0 Å². The Labute approximate surface area is 145 Å². The molecule has 1 N–H and O–H groups in total. The van der Waals surface area contributed by atoms with Gasteiger partial charge in [-0.3, -0.25) is 9.59 Å². The standard InChI is InChI=1S/C18H21N5O2/c1-22(18(25)13-6-7-17(24)19-9-13)14-10-23(11-14)16-8-12-4-2-3-5-15(12)20-21-16/h6-9,14H,2-5,10-11H2,1H3,(H,19,24). The summed E-state index contributed by atoms with van der Waals surface area (Å²) in [7, 11) is 1.80. The quantitative estimate of drug-likeness (QED) is 0.902. The summed E-state index contributed by atoms with van der Waals surface area (Å²) in [6, 6.07) is 5.22. The number of pyridine rings is 1. The van der Waals surface area contributed by atoms with Crippen molar-refractivity contribution in [2.45, 2.75) is 31.7 Å². The maximum atomic E-state index is 12.5. The van der Waals surface area contributed by atoms with E-state index in [-0.39, 0.29) is 17.5 Å². The topological polar surface area (TPSA) is 82.2 Å². The van der Waals surface area contributed by atoms with Crippen LogP contribution in [0.1, 0.15) is 34.5 Å². The van der Waals surface area contributed by atoms with Gasteiger partial charge < -0.3 is 14.8 Å². The predicted octanol–water partition coefficient (Wildman–Crippen LogP) is 1.00. The number of hydrogen-bond acceptors (Lipinski definition) is 5. The van der Waals surface area contributed by atoms with E-state index in [2.05, 4.69) is 26.1 Å². The summed E-state index contributed by atoms with van der Waals surface area (Å²) in [5.74, 6) is 0.819. The number of aromatic nitrogens is 3. The number of nitrogens with one attached hydrogen (secondary N) is 1. The zero-order chi connectivity index (χ0) is 17.4. The lowest BCUT2D eigenvalue weighted by atomic mass is 9.96. The molecule has 4 rings (SSSR count). The lowest BCUT2D eigenvalue weighted by molar-refractivity contribution is 0.0704. The molecule has 0 unspecified atom stereocenters. The summed E-state index contributed by atoms with van der Waals surface area (Å²) in [5, 5.41) is 8.73. The van der Waals surface area contributed by atoms with Crippen LogP contribution in [0.4, 0.5) is 5.82 Å². The van der Waals surface area contributed by atoms with E-state index in [1.54, 1.807) is 18.0 Å². The fourth-order valence-corrected chi connectivity index (χ4v) is 3.43. The highest BCUT2D eigenvalue weighted by molar-refractivity contribution is 5.94. The molecular weight excluding hydrogens is 318 g/mol. The maximum Gasteiger partial charge on any atom is 0.255 e. The van der Waals surface area contributed by atoms with Crippen molar-refractivity contribution >= 4 is 11.7 Å². The molecule has 0 saturated carbocycles. The summed E-state index contributed by atoms with van der Waals surface area (Å²) >= 11 is 0. The molecule has 3 heterocycles. The lowest BCUT2D eigenvalue weighted by Crippen LogP contribution is -2.60. The van der Waals surface area contributed by atoms with Crippen LogP contribution in [0.3, 0.4) is 0 Å². The van der Waals surface area contributed by atoms with Crippen molar-refractivity contribution in [2.24, 2.45) is 0 Å². The number of nitrogens with zero attached hydrogens (tertiary/aromatic N) is 4. The molecule has 25 heavy (non-hydrogen) atoms. The van der Waals surface area contributed by atoms with Crippen LogP contribution in [-0.2, 0) is 12.8 Å². The zero-order valence-electron chi connectivity index (χ0n) is 14.2. The molecule has 2 aliphatic rings. The summed E-state index contributed by atoms with van der Waals surface area (Å²) in [6.07, 6.45) is 6.00. The molecule has 0 radical (unpaired) electrons. The van der Waals surface area contributed by atoms with Crippen molar-refractivity contribution in [2.75, 3.05) is 25.0 Å². The monoisotopic (exact) mass is 339 g/mol. The molecule has 0 aromatic carbocycles. The van der Waals surface area contributed by atoms with Gasteiger partial charge in [0.2, 0.25) is 5.56 Å². The molecule has 1 aliphatic carbocycles. The molecule has 2 aromatic rings.